The number of hydrogen-bond donors (Lipinski definition) is 1. The van der Waals surface area contributed by atoms with Crippen LogP contribution in [0.2, 0.25) is 5.02 Å². The van der Waals surface area contributed by atoms with Crippen molar-refractivity contribution in [2.24, 2.45) is 0 Å². The van der Waals surface area contributed by atoms with E-state index in [0.29, 0.717) is 0 Å². The van der Waals surface area contributed by atoms with Crippen molar-refractivity contribution in [3.05, 3.63) is 27.4 Å². The van der Waals surface area contributed by atoms with Gasteiger partial charge in [0.05, 0.1) is 9.95 Å². The molecule has 0 saturated carbocycles. The number of pyridine rings is 1. The van der Waals surface area contributed by atoms with Crippen molar-refractivity contribution in [2.75, 3.05) is 5.32 Å². The first kappa shape index (κ1) is 14.2. The lowest BCUT2D eigenvalue weighted by molar-refractivity contribution is -0.385. The predicted molar refractivity (Wildman–Crippen MR) is 65.8 cm³/mol. The van der Waals surface area contributed by atoms with Crippen LogP contribution >= 0.6 is 11.6 Å². The second-order valence-corrected chi connectivity index (χ2v) is 4.82. The molecule has 18 heavy (non-hydrogen) atoms. The fourth-order valence-electron chi connectivity index (χ4n) is 1.02. The van der Waals surface area contributed by atoms with Crippen molar-refractivity contribution < 1.29 is 14.5 Å². The summed E-state index contributed by atoms with van der Waals surface area (Å²) in [6.07, 6.45) is 0.268. The van der Waals surface area contributed by atoms with Crippen LogP contribution in [0.1, 0.15) is 20.8 Å². The van der Waals surface area contributed by atoms with E-state index < -0.39 is 16.6 Å². The number of nitrogens with zero attached hydrogens (tertiary/aromatic N) is 2. The minimum atomic E-state index is -0.731. The molecule has 1 rings (SSSR count). The summed E-state index contributed by atoms with van der Waals surface area (Å²) in [5, 5.41) is 12.7. The van der Waals surface area contributed by atoms with Crippen LogP contribution in [0.3, 0.4) is 0 Å². The van der Waals surface area contributed by atoms with Crippen molar-refractivity contribution in [1.82, 2.24) is 4.98 Å². The number of nitro groups is 1. The van der Waals surface area contributed by atoms with Crippen molar-refractivity contribution in [3.63, 3.8) is 0 Å². The number of carbonyl (C=O) groups excluding carboxylic acids is 1. The van der Waals surface area contributed by atoms with Gasteiger partial charge in [-0.1, -0.05) is 11.6 Å². The van der Waals surface area contributed by atoms with Crippen molar-refractivity contribution in [2.45, 2.75) is 26.4 Å². The van der Waals surface area contributed by atoms with E-state index in [9.17, 15) is 14.9 Å². The van der Waals surface area contributed by atoms with Crippen LogP contribution in [0.15, 0.2) is 12.3 Å². The average Bonchev–Trinajstić information content (AvgIpc) is 2.17. The zero-order valence-electron chi connectivity index (χ0n) is 10.1. The van der Waals surface area contributed by atoms with Gasteiger partial charge in [-0.3, -0.25) is 15.4 Å². The van der Waals surface area contributed by atoms with Gasteiger partial charge in [0.1, 0.15) is 11.8 Å². The molecule has 1 heterocycles. The first-order valence-electron chi connectivity index (χ1n) is 4.99. The van der Waals surface area contributed by atoms with Crippen LogP contribution in [0.5, 0.6) is 0 Å². The van der Waals surface area contributed by atoms with Crippen molar-refractivity contribution in [1.29, 1.82) is 0 Å². The fraction of sp³-hybridized carbons (Fsp3) is 0.400. The quantitative estimate of drug-likeness (QED) is 0.660. The standard InChI is InChI=1S/C10H12ClN3O4/c1-10(2,3)18-9(15)13-8-7(11)4-6(5-12-8)14(16)17/h4-5H,1-3H3,(H,12,13,15). The van der Waals surface area contributed by atoms with Gasteiger partial charge in [0.15, 0.2) is 5.82 Å². The van der Waals surface area contributed by atoms with E-state index in [2.05, 4.69) is 10.3 Å². The Bertz CT molecular complexity index is 485. The van der Waals surface area contributed by atoms with Gasteiger partial charge in [-0.2, -0.15) is 0 Å². The minimum absolute atomic E-state index is 0.0107. The molecular weight excluding hydrogens is 262 g/mol. The Morgan fingerprint density at radius 2 is 2.17 bits per heavy atom. The Balaban J connectivity index is 2.80. The van der Waals surface area contributed by atoms with E-state index in [1.165, 1.54) is 0 Å². The summed E-state index contributed by atoms with van der Waals surface area (Å²) in [6.45, 7) is 5.12. The molecular formula is C10H12ClN3O4. The summed E-state index contributed by atoms with van der Waals surface area (Å²) >= 11 is 5.75. The highest BCUT2D eigenvalue weighted by Crippen LogP contribution is 2.24. The second kappa shape index (κ2) is 5.18. The molecule has 1 N–H and O–H groups in total. The van der Waals surface area contributed by atoms with E-state index >= 15 is 0 Å². The van der Waals surface area contributed by atoms with Gasteiger partial charge in [-0.05, 0) is 20.8 Å². The van der Waals surface area contributed by atoms with Crippen LogP contribution < -0.4 is 5.32 Å². The number of nitrogens with one attached hydrogen (secondary N) is 1. The summed E-state index contributed by atoms with van der Waals surface area (Å²) in [6, 6.07) is 1.10. The van der Waals surface area contributed by atoms with Crippen molar-refractivity contribution in [3.8, 4) is 0 Å². The maximum absolute atomic E-state index is 11.4. The van der Waals surface area contributed by atoms with Crippen LogP contribution in [0.25, 0.3) is 0 Å². The highest BCUT2D eigenvalue weighted by Gasteiger charge is 2.18. The van der Waals surface area contributed by atoms with E-state index in [0.717, 1.165) is 12.3 Å². The first-order chi connectivity index (χ1) is 8.19. The smallest absolute Gasteiger partial charge is 0.413 e. The molecule has 1 amide bonds. The van der Waals surface area contributed by atoms with Crippen LogP contribution in [-0.2, 0) is 4.74 Å². The maximum atomic E-state index is 11.4. The van der Waals surface area contributed by atoms with Gasteiger partial charge < -0.3 is 4.74 Å². The number of carbonyl (C=O) groups is 1. The van der Waals surface area contributed by atoms with Crippen LogP contribution in [0, 0.1) is 10.1 Å². The molecule has 0 bridgehead atoms. The van der Waals surface area contributed by atoms with Gasteiger partial charge in [0.25, 0.3) is 5.69 Å². The van der Waals surface area contributed by atoms with E-state index in [1.54, 1.807) is 20.8 Å². The Morgan fingerprint density at radius 3 is 2.61 bits per heavy atom. The molecule has 0 aromatic carbocycles. The van der Waals surface area contributed by atoms with Gasteiger partial charge in [0, 0.05) is 6.07 Å². The van der Waals surface area contributed by atoms with Gasteiger partial charge in [-0.15, -0.1) is 0 Å². The summed E-state index contributed by atoms with van der Waals surface area (Å²) in [4.78, 5) is 25.0. The van der Waals surface area contributed by atoms with Crippen molar-refractivity contribution >= 4 is 29.2 Å². The molecule has 7 nitrogen and oxygen atoms in total. The molecule has 8 heteroatoms. The number of anilines is 1. The van der Waals surface area contributed by atoms with Gasteiger partial charge >= 0.3 is 6.09 Å². The number of ether oxygens (including phenoxy) is 1. The number of rotatable bonds is 2. The number of aromatic nitrogens is 1. The third-order valence-corrected chi connectivity index (χ3v) is 1.95. The maximum Gasteiger partial charge on any atom is 0.413 e. The zero-order chi connectivity index (χ0) is 13.9. The summed E-state index contributed by atoms with van der Waals surface area (Å²) in [7, 11) is 0. The Labute approximate surface area is 108 Å². The van der Waals surface area contributed by atoms with Crippen LogP contribution in [-0.4, -0.2) is 21.6 Å². The Hall–Kier alpha value is -1.89. The highest BCUT2D eigenvalue weighted by molar-refractivity contribution is 6.33. The van der Waals surface area contributed by atoms with Gasteiger partial charge in [0.2, 0.25) is 0 Å². The third-order valence-electron chi connectivity index (χ3n) is 1.66. The Kier molecular flexibility index (Phi) is 4.07. The fourth-order valence-corrected chi connectivity index (χ4v) is 1.23. The summed E-state index contributed by atoms with van der Waals surface area (Å²) in [5.74, 6) is 0.0107. The topological polar surface area (TPSA) is 94.4 Å². The SMILES string of the molecule is CC(C)(C)OC(=O)Nc1ncc([N+](=O)[O-])cc1Cl. The molecule has 1 aromatic heterocycles. The zero-order valence-corrected chi connectivity index (χ0v) is 10.8. The van der Waals surface area contributed by atoms with E-state index in [4.69, 9.17) is 16.3 Å². The lowest BCUT2D eigenvalue weighted by Crippen LogP contribution is -2.27. The van der Waals surface area contributed by atoms with E-state index in [1.807, 2.05) is 0 Å². The third kappa shape index (κ3) is 4.17. The monoisotopic (exact) mass is 273 g/mol. The Morgan fingerprint density at radius 1 is 1.56 bits per heavy atom. The lowest BCUT2D eigenvalue weighted by atomic mass is 10.2. The number of halogens is 1. The normalized spacial score (nSPS) is 10.9. The molecule has 0 aliphatic carbocycles. The first-order valence-corrected chi connectivity index (χ1v) is 5.37. The molecule has 1 aromatic rings. The molecule has 0 fully saturated rings. The molecule has 0 atom stereocenters. The molecule has 0 aliphatic rings. The molecule has 0 aliphatic heterocycles. The number of amides is 1. The number of hydrogen-bond acceptors (Lipinski definition) is 5. The molecule has 98 valence electrons. The molecule has 0 radical (unpaired) electrons. The van der Waals surface area contributed by atoms with Gasteiger partial charge in [-0.25, -0.2) is 9.78 Å². The molecule has 0 spiro atoms. The molecule has 0 saturated heterocycles. The highest BCUT2D eigenvalue weighted by atomic mass is 35.5. The second-order valence-electron chi connectivity index (χ2n) is 4.41. The molecule has 0 unspecified atom stereocenters. The van der Waals surface area contributed by atoms with E-state index in [-0.39, 0.29) is 16.5 Å². The minimum Gasteiger partial charge on any atom is -0.444 e. The summed E-state index contributed by atoms with van der Waals surface area (Å²) < 4.78 is 4.99. The summed E-state index contributed by atoms with van der Waals surface area (Å²) in [5.41, 5.74) is -0.910. The largest absolute Gasteiger partial charge is 0.444 e. The predicted octanol–water partition coefficient (Wildman–Crippen LogP) is 2.99. The van der Waals surface area contributed by atoms with Crippen LogP contribution in [0.4, 0.5) is 16.3 Å². The lowest BCUT2D eigenvalue weighted by Gasteiger charge is -2.19. The average molecular weight is 274 g/mol.